The molecule has 0 radical (unpaired) electrons. The fourth-order valence-corrected chi connectivity index (χ4v) is 5.19. The van der Waals surface area contributed by atoms with E-state index in [2.05, 4.69) is 10.6 Å². The molecule has 1 saturated carbocycles. The van der Waals surface area contributed by atoms with Gasteiger partial charge in [0.05, 0.1) is 6.04 Å². The van der Waals surface area contributed by atoms with E-state index in [0.29, 0.717) is 32.1 Å². The highest BCUT2D eigenvalue weighted by molar-refractivity contribution is 7.86. The number of piperidine rings is 1. The first-order valence-corrected chi connectivity index (χ1v) is 10.6. The van der Waals surface area contributed by atoms with E-state index >= 15 is 0 Å². The van der Waals surface area contributed by atoms with Crippen LogP contribution in [-0.4, -0.2) is 68.7 Å². The molecule has 3 fully saturated rings. The number of rotatable bonds is 7. The molecule has 0 spiro atoms. The van der Waals surface area contributed by atoms with Crippen molar-refractivity contribution < 1.29 is 13.2 Å². The van der Waals surface area contributed by atoms with Gasteiger partial charge in [0.25, 0.3) is 10.2 Å². The summed E-state index contributed by atoms with van der Waals surface area (Å²) in [7, 11) is -1.68. The van der Waals surface area contributed by atoms with Crippen LogP contribution in [0.4, 0.5) is 0 Å². The van der Waals surface area contributed by atoms with Crippen LogP contribution in [-0.2, 0) is 15.0 Å². The molecule has 0 aromatic carbocycles. The second-order valence-electron chi connectivity index (χ2n) is 7.49. The van der Waals surface area contributed by atoms with Crippen LogP contribution in [0, 0.1) is 11.8 Å². The van der Waals surface area contributed by atoms with Gasteiger partial charge in [0.1, 0.15) is 0 Å². The van der Waals surface area contributed by atoms with Gasteiger partial charge in [-0.1, -0.05) is 0 Å². The lowest BCUT2D eigenvalue weighted by Crippen LogP contribution is -2.50. The first-order chi connectivity index (χ1) is 11.5. The zero-order valence-corrected chi connectivity index (χ0v) is 15.4. The van der Waals surface area contributed by atoms with Gasteiger partial charge in [-0.3, -0.25) is 4.79 Å². The molecule has 3 rings (SSSR count). The molecule has 2 unspecified atom stereocenters. The number of nitrogens with one attached hydrogen (secondary N) is 2. The van der Waals surface area contributed by atoms with Crippen LogP contribution in [0.3, 0.4) is 0 Å². The number of hydrogen-bond donors (Lipinski definition) is 2. The zero-order chi connectivity index (χ0) is 17.2. The quantitative estimate of drug-likeness (QED) is 0.679. The molecular formula is C16H30N4O3S. The first-order valence-electron chi connectivity index (χ1n) is 9.19. The average molecular weight is 359 g/mol. The summed E-state index contributed by atoms with van der Waals surface area (Å²) in [6, 6.07) is -0.0712. The van der Waals surface area contributed by atoms with E-state index in [9.17, 15) is 13.2 Å². The summed E-state index contributed by atoms with van der Waals surface area (Å²) >= 11 is 0. The van der Waals surface area contributed by atoms with E-state index in [-0.39, 0.29) is 17.9 Å². The standard InChI is InChI=1S/C16H30N4O3S/c1-19(11-13-6-7-13)24(22,23)20-9-3-4-14(12-20)10-18-16(21)15-5-2-8-17-15/h13-15,17H,2-12H2,1H3,(H,18,21). The van der Waals surface area contributed by atoms with Gasteiger partial charge < -0.3 is 10.6 Å². The lowest BCUT2D eigenvalue weighted by molar-refractivity contribution is -0.123. The van der Waals surface area contributed by atoms with Crippen molar-refractivity contribution in [1.82, 2.24) is 19.2 Å². The largest absolute Gasteiger partial charge is 0.354 e. The molecule has 0 aromatic heterocycles. The average Bonchev–Trinajstić information content (AvgIpc) is 3.22. The molecule has 1 aliphatic carbocycles. The van der Waals surface area contributed by atoms with Crippen LogP contribution in [0.15, 0.2) is 0 Å². The van der Waals surface area contributed by atoms with E-state index in [1.54, 1.807) is 11.4 Å². The fourth-order valence-electron chi connectivity index (χ4n) is 3.63. The summed E-state index contributed by atoms with van der Waals surface area (Å²) in [6.07, 6.45) is 6.05. The monoisotopic (exact) mass is 358 g/mol. The molecule has 7 nitrogen and oxygen atoms in total. The fraction of sp³-hybridized carbons (Fsp3) is 0.938. The van der Waals surface area contributed by atoms with E-state index in [4.69, 9.17) is 0 Å². The van der Waals surface area contributed by atoms with Crippen molar-refractivity contribution in [2.75, 3.05) is 39.8 Å². The number of carbonyl (C=O) groups excluding carboxylic acids is 1. The molecule has 138 valence electrons. The minimum atomic E-state index is -3.36. The molecule has 2 saturated heterocycles. The Morgan fingerprint density at radius 2 is 2.00 bits per heavy atom. The van der Waals surface area contributed by atoms with Gasteiger partial charge in [-0.25, -0.2) is 0 Å². The number of carbonyl (C=O) groups is 1. The van der Waals surface area contributed by atoms with E-state index in [1.165, 1.54) is 4.31 Å². The van der Waals surface area contributed by atoms with Gasteiger partial charge in [-0.15, -0.1) is 0 Å². The molecule has 2 heterocycles. The first kappa shape index (κ1) is 18.1. The third kappa shape index (κ3) is 4.47. The van der Waals surface area contributed by atoms with Crippen molar-refractivity contribution in [1.29, 1.82) is 0 Å². The number of nitrogens with zero attached hydrogens (tertiary/aromatic N) is 2. The van der Waals surface area contributed by atoms with Crippen molar-refractivity contribution in [3.63, 3.8) is 0 Å². The molecule has 1 amide bonds. The van der Waals surface area contributed by atoms with Gasteiger partial charge in [0, 0.05) is 33.2 Å². The minimum Gasteiger partial charge on any atom is -0.354 e. The maximum atomic E-state index is 12.7. The van der Waals surface area contributed by atoms with Crippen molar-refractivity contribution >= 4 is 16.1 Å². The Morgan fingerprint density at radius 3 is 2.67 bits per heavy atom. The Kier molecular flexibility index (Phi) is 5.79. The van der Waals surface area contributed by atoms with Crippen molar-refractivity contribution in [2.24, 2.45) is 11.8 Å². The third-order valence-electron chi connectivity index (χ3n) is 5.36. The second kappa shape index (κ2) is 7.68. The predicted molar refractivity (Wildman–Crippen MR) is 92.6 cm³/mol. The van der Waals surface area contributed by atoms with E-state index in [0.717, 1.165) is 45.1 Å². The summed E-state index contributed by atoms with van der Waals surface area (Å²) < 4.78 is 28.5. The summed E-state index contributed by atoms with van der Waals surface area (Å²) in [4.78, 5) is 12.1. The van der Waals surface area contributed by atoms with Crippen molar-refractivity contribution in [3.8, 4) is 0 Å². The van der Waals surface area contributed by atoms with Crippen LogP contribution < -0.4 is 10.6 Å². The molecular weight excluding hydrogens is 328 g/mol. The van der Waals surface area contributed by atoms with Gasteiger partial charge in [0.15, 0.2) is 0 Å². The van der Waals surface area contributed by atoms with Crippen LogP contribution in [0.2, 0.25) is 0 Å². The van der Waals surface area contributed by atoms with Crippen LogP contribution >= 0.6 is 0 Å². The Balaban J connectivity index is 1.48. The molecule has 0 aromatic rings. The van der Waals surface area contributed by atoms with Crippen LogP contribution in [0.5, 0.6) is 0 Å². The number of amides is 1. The lowest BCUT2D eigenvalue weighted by atomic mass is 9.99. The molecule has 3 aliphatic rings. The summed E-state index contributed by atoms with van der Waals surface area (Å²) in [5, 5.41) is 6.19. The Labute approximate surface area is 145 Å². The molecule has 2 aliphatic heterocycles. The smallest absolute Gasteiger partial charge is 0.281 e. The van der Waals surface area contributed by atoms with Gasteiger partial charge in [-0.2, -0.15) is 17.0 Å². The van der Waals surface area contributed by atoms with Gasteiger partial charge in [0.2, 0.25) is 5.91 Å². The van der Waals surface area contributed by atoms with Crippen LogP contribution in [0.25, 0.3) is 0 Å². The Hall–Kier alpha value is -0.700. The highest BCUT2D eigenvalue weighted by Gasteiger charge is 2.35. The summed E-state index contributed by atoms with van der Waals surface area (Å²) in [5.41, 5.74) is 0. The Bertz CT molecular complexity index is 544. The predicted octanol–water partition coefficient (Wildman–Crippen LogP) is 0.153. The van der Waals surface area contributed by atoms with Gasteiger partial charge >= 0.3 is 0 Å². The van der Waals surface area contributed by atoms with Crippen molar-refractivity contribution in [3.05, 3.63) is 0 Å². The third-order valence-corrected chi connectivity index (χ3v) is 7.28. The minimum absolute atomic E-state index is 0.0540. The van der Waals surface area contributed by atoms with E-state index < -0.39 is 10.2 Å². The SMILES string of the molecule is CN(CC1CC1)S(=O)(=O)N1CCCC(CNC(=O)C2CCCN2)C1. The summed E-state index contributed by atoms with van der Waals surface area (Å²) in [5.74, 6) is 0.801. The zero-order valence-electron chi connectivity index (χ0n) is 14.5. The Morgan fingerprint density at radius 1 is 1.21 bits per heavy atom. The lowest BCUT2D eigenvalue weighted by Gasteiger charge is -2.34. The maximum Gasteiger partial charge on any atom is 0.281 e. The topological polar surface area (TPSA) is 81.8 Å². The molecule has 24 heavy (non-hydrogen) atoms. The highest BCUT2D eigenvalue weighted by Crippen LogP contribution is 2.31. The van der Waals surface area contributed by atoms with Crippen molar-refractivity contribution in [2.45, 2.75) is 44.6 Å². The highest BCUT2D eigenvalue weighted by atomic mass is 32.2. The molecule has 8 heteroatoms. The molecule has 2 atom stereocenters. The molecule has 0 bridgehead atoms. The second-order valence-corrected chi connectivity index (χ2v) is 9.53. The van der Waals surface area contributed by atoms with Gasteiger partial charge in [-0.05, 0) is 56.9 Å². The summed E-state index contributed by atoms with van der Waals surface area (Å²) in [6.45, 7) is 3.20. The normalized spacial score (nSPS) is 29.1. The maximum absolute atomic E-state index is 12.7. The number of hydrogen-bond acceptors (Lipinski definition) is 4. The van der Waals surface area contributed by atoms with Crippen LogP contribution in [0.1, 0.15) is 38.5 Å². The molecule has 2 N–H and O–H groups in total. The van der Waals surface area contributed by atoms with E-state index in [1.807, 2.05) is 0 Å².